The molecule has 1 nitrogen and oxygen atoms in total. The third-order valence-electron chi connectivity index (χ3n) is 3.23. The minimum absolute atomic E-state index is 0.442. The Morgan fingerprint density at radius 3 is 2.85 bits per heavy atom. The highest BCUT2D eigenvalue weighted by Crippen LogP contribution is 2.59. The maximum atomic E-state index is 8.74. The zero-order chi connectivity index (χ0) is 18.3. The Morgan fingerprint density at radius 1 is 1.31 bits per heavy atom. The number of hydrogen-bond acceptors (Lipinski definition) is 1. The second kappa shape index (κ2) is 2.31. The first kappa shape index (κ1) is 2.98. The molecule has 4 saturated carbocycles. The highest BCUT2D eigenvalue weighted by molar-refractivity contribution is 5.08. The normalized spacial score (nSPS) is 110. The summed E-state index contributed by atoms with van der Waals surface area (Å²) >= 11 is 0. The van der Waals surface area contributed by atoms with Gasteiger partial charge >= 0.3 is 0 Å². The Balaban J connectivity index is 2.53. The van der Waals surface area contributed by atoms with Gasteiger partial charge in [-0.2, -0.15) is 0 Å². The van der Waals surface area contributed by atoms with E-state index in [1.54, 1.807) is 0 Å². The summed E-state index contributed by atoms with van der Waals surface area (Å²) in [4.78, 5) is 0. The van der Waals surface area contributed by atoms with Crippen molar-refractivity contribution in [3.8, 4) is 0 Å². The smallest absolute Gasteiger partial charge is 0.0309 e. The van der Waals surface area contributed by atoms with Crippen LogP contribution in [-0.2, 0) is 0 Å². The Bertz CT molecular complexity index is 555. The summed E-state index contributed by atoms with van der Waals surface area (Å²) < 4.78 is 84.6. The molecule has 1 heteroatoms. The van der Waals surface area contributed by atoms with E-state index in [4.69, 9.17) is 19.4 Å². The van der Waals surface area contributed by atoms with Crippen molar-refractivity contribution in [2.24, 2.45) is 35.2 Å². The first-order valence-corrected chi connectivity index (χ1v) is 4.63. The van der Waals surface area contributed by atoms with Gasteiger partial charge in [-0.3, -0.25) is 0 Å². The largest absolute Gasteiger partial charge is 0.325 e. The van der Waals surface area contributed by atoms with Gasteiger partial charge in [-0.05, 0) is 55.0 Å². The Kier molecular flexibility index (Phi) is 0.528. The molecular formula is C12H21N. The molecule has 4 fully saturated rings. The molecule has 74 valence electrons. The monoisotopic (exact) mass is 189 g/mol. The Morgan fingerprint density at radius 2 is 2.08 bits per heavy atom. The van der Waals surface area contributed by atoms with Crippen molar-refractivity contribution in [2.45, 2.75) is 44.9 Å². The molecular weight excluding hydrogens is 158 g/mol. The highest BCUT2D eigenvalue weighted by Gasteiger charge is 2.55. The van der Waals surface area contributed by atoms with Gasteiger partial charge in [0.1, 0.15) is 0 Å². The van der Waals surface area contributed by atoms with Gasteiger partial charge in [0.25, 0.3) is 0 Å². The van der Waals surface area contributed by atoms with E-state index in [1.165, 1.54) is 6.92 Å². The lowest BCUT2D eigenvalue weighted by molar-refractivity contribution is -0.0841. The standard InChI is InChI=1S/C12H21N/c1-7-9-3-10-5-12(13,4-9)6-11(7)8(10)2/h7-11H,3-6,13H2,1-2H3/i4D2,5D2,6D2,7D,8D,9D,11D. The molecule has 4 aliphatic carbocycles. The van der Waals surface area contributed by atoms with Crippen LogP contribution in [0.25, 0.3) is 0 Å². The summed E-state index contributed by atoms with van der Waals surface area (Å²) in [5.41, 5.74) is 3.24. The molecule has 0 aromatic rings. The van der Waals surface area contributed by atoms with E-state index in [0.717, 1.165) is 6.92 Å². The van der Waals surface area contributed by atoms with E-state index in [-0.39, 0.29) is 0 Å². The molecule has 6 unspecified atom stereocenters. The predicted molar refractivity (Wildman–Crippen MR) is 54.2 cm³/mol. The molecule has 2 N–H and O–H groups in total. The lowest BCUT2D eigenvalue weighted by Gasteiger charge is -2.61. The average molecular weight is 189 g/mol. The van der Waals surface area contributed by atoms with Crippen LogP contribution in [-0.4, -0.2) is 5.54 Å². The molecule has 13 heavy (non-hydrogen) atoms. The molecule has 0 aliphatic heterocycles. The van der Waals surface area contributed by atoms with Crippen molar-refractivity contribution in [1.82, 2.24) is 0 Å². The van der Waals surface area contributed by atoms with Crippen LogP contribution in [0.2, 0.25) is 0 Å². The third-order valence-corrected chi connectivity index (χ3v) is 3.23. The van der Waals surface area contributed by atoms with Crippen molar-refractivity contribution in [2.75, 3.05) is 0 Å². The van der Waals surface area contributed by atoms with Crippen molar-refractivity contribution in [3.05, 3.63) is 0 Å². The lowest BCUT2D eigenvalue weighted by Crippen LogP contribution is -2.61. The molecule has 0 spiro atoms. The topological polar surface area (TPSA) is 26.0 Å². The summed E-state index contributed by atoms with van der Waals surface area (Å²) in [6.45, 7) is 2.33. The zero-order valence-electron chi connectivity index (χ0n) is 17.9. The van der Waals surface area contributed by atoms with Crippen LogP contribution >= 0.6 is 0 Å². The first-order chi connectivity index (χ1) is 9.84. The summed E-state index contributed by atoms with van der Waals surface area (Å²) in [7, 11) is 0. The van der Waals surface area contributed by atoms with Gasteiger partial charge in [0.2, 0.25) is 0 Å². The van der Waals surface area contributed by atoms with Gasteiger partial charge in [0, 0.05) is 19.2 Å². The van der Waals surface area contributed by atoms with Crippen molar-refractivity contribution >= 4 is 0 Å². The first-order valence-electron chi connectivity index (χ1n) is 9.63. The second-order valence-electron chi connectivity index (χ2n) is 4.12. The molecule has 0 amide bonds. The summed E-state index contributed by atoms with van der Waals surface area (Å²) in [6, 6.07) is 0. The Hall–Kier alpha value is -0.0400. The zero-order valence-corrected chi connectivity index (χ0v) is 7.86. The van der Waals surface area contributed by atoms with Crippen LogP contribution < -0.4 is 5.73 Å². The molecule has 0 aromatic heterocycles. The van der Waals surface area contributed by atoms with Crippen LogP contribution in [0.5, 0.6) is 0 Å². The fourth-order valence-electron chi connectivity index (χ4n) is 2.44. The summed E-state index contributed by atoms with van der Waals surface area (Å²) in [5.74, 6) is -10.4. The summed E-state index contributed by atoms with van der Waals surface area (Å²) in [6.07, 6.45) is -8.95. The van der Waals surface area contributed by atoms with Crippen LogP contribution in [0.3, 0.4) is 0 Å². The summed E-state index contributed by atoms with van der Waals surface area (Å²) in [5, 5.41) is 0. The van der Waals surface area contributed by atoms with Crippen LogP contribution in [0, 0.1) is 29.5 Å². The van der Waals surface area contributed by atoms with E-state index in [0.29, 0.717) is 0 Å². The van der Waals surface area contributed by atoms with Gasteiger partial charge in [-0.25, -0.2) is 0 Å². The average Bonchev–Trinajstić information content (AvgIpc) is 2.36. The van der Waals surface area contributed by atoms with Gasteiger partial charge in [-0.15, -0.1) is 0 Å². The van der Waals surface area contributed by atoms with E-state index < -0.39 is 60.6 Å². The Labute approximate surface area is 95.1 Å². The fraction of sp³-hybridized carbons (Fsp3) is 1.00. The van der Waals surface area contributed by atoms with Crippen molar-refractivity contribution in [1.29, 1.82) is 0 Å². The quantitative estimate of drug-likeness (QED) is 0.622. The van der Waals surface area contributed by atoms with E-state index in [2.05, 4.69) is 0 Å². The van der Waals surface area contributed by atoms with Crippen LogP contribution in [0.15, 0.2) is 0 Å². The number of rotatable bonds is 0. The van der Waals surface area contributed by atoms with Crippen molar-refractivity contribution in [3.63, 3.8) is 0 Å². The third kappa shape index (κ3) is 0.971. The lowest BCUT2D eigenvalue weighted by atomic mass is 9.46. The maximum Gasteiger partial charge on any atom is 0.0309 e. The molecule has 0 radical (unpaired) electrons. The van der Waals surface area contributed by atoms with Crippen molar-refractivity contribution < 1.29 is 13.7 Å². The molecule has 4 aliphatic rings. The SMILES string of the molecule is [2H]C1([2H])C2CC3([2H])C([2H])([2H])C1(N)C([2H])([2H])C([2H])(C2([2H])C)C3([2H])C. The second-order valence-corrected chi connectivity index (χ2v) is 4.12. The minimum Gasteiger partial charge on any atom is -0.325 e. The van der Waals surface area contributed by atoms with E-state index in [9.17, 15) is 0 Å². The molecule has 4 rings (SSSR count). The van der Waals surface area contributed by atoms with Gasteiger partial charge < -0.3 is 5.73 Å². The molecule has 6 atom stereocenters. The van der Waals surface area contributed by atoms with E-state index in [1.807, 2.05) is 0 Å². The number of hydrogen-bond donors (Lipinski definition) is 1. The maximum absolute atomic E-state index is 8.74. The van der Waals surface area contributed by atoms with E-state index >= 15 is 0 Å². The fourth-order valence-corrected chi connectivity index (χ4v) is 2.44. The van der Waals surface area contributed by atoms with Gasteiger partial charge in [0.15, 0.2) is 0 Å². The molecule has 0 saturated heterocycles. The van der Waals surface area contributed by atoms with Gasteiger partial charge in [0.05, 0.1) is 0 Å². The molecule has 4 bridgehead atoms. The van der Waals surface area contributed by atoms with Crippen LogP contribution in [0.1, 0.15) is 53.1 Å². The molecule has 0 aromatic carbocycles. The van der Waals surface area contributed by atoms with Gasteiger partial charge in [-0.1, -0.05) is 13.8 Å². The molecule has 0 heterocycles. The predicted octanol–water partition coefficient (Wildman–Crippen LogP) is 2.41. The van der Waals surface area contributed by atoms with Crippen LogP contribution in [0.4, 0.5) is 0 Å². The number of nitrogens with two attached hydrogens (primary N) is 1. The minimum atomic E-state index is -3.01. The highest BCUT2D eigenvalue weighted by atomic mass is 14.8.